The SMILES string of the molecule is O=c1[nH]c(=O)n([C@@H]2O[C@H](CO)[C@@H](O)[C@H]2O)cc1F.OC[C@H]1OC[C@H](O)[C@@H]1O. The number of nitrogens with one attached hydrogen (secondary N) is 1. The highest BCUT2D eigenvalue weighted by molar-refractivity contribution is 4.94. The number of aromatic nitrogens is 2. The predicted molar refractivity (Wildman–Crippen MR) is 83.1 cm³/mol. The Balaban J connectivity index is 0.000000244. The number of rotatable bonds is 3. The highest BCUT2D eigenvalue weighted by atomic mass is 19.1. The van der Waals surface area contributed by atoms with Crippen LogP contribution in [0.25, 0.3) is 0 Å². The zero-order valence-electron chi connectivity index (χ0n) is 13.9. The van der Waals surface area contributed by atoms with Crippen molar-refractivity contribution in [2.75, 3.05) is 19.8 Å². The molecule has 1 aromatic heterocycles. The van der Waals surface area contributed by atoms with Crippen LogP contribution in [0.3, 0.4) is 0 Å². The summed E-state index contributed by atoms with van der Waals surface area (Å²) in [5, 5.41) is 54.2. The van der Waals surface area contributed by atoms with Crippen LogP contribution in [0.1, 0.15) is 6.23 Å². The molecule has 0 aromatic carbocycles. The van der Waals surface area contributed by atoms with E-state index in [9.17, 15) is 24.2 Å². The fraction of sp³-hybridized carbons (Fsp3) is 0.714. The van der Waals surface area contributed by atoms with E-state index >= 15 is 0 Å². The van der Waals surface area contributed by atoms with Crippen LogP contribution >= 0.6 is 0 Å². The van der Waals surface area contributed by atoms with Crippen LogP contribution < -0.4 is 11.2 Å². The summed E-state index contributed by atoms with van der Waals surface area (Å²) in [5.74, 6) is -1.23. The summed E-state index contributed by atoms with van der Waals surface area (Å²) in [6.07, 6.45) is -7.19. The summed E-state index contributed by atoms with van der Waals surface area (Å²) >= 11 is 0. The Kier molecular flexibility index (Phi) is 7.19. The standard InChI is InChI=1S/C9H11FN2O6.C5H10O4/c10-3-1-12(9(17)11-7(3)16)8-6(15)5(14)4(2-13)18-8;6-1-4-5(8)3(7)2-9-4/h1,4-6,8,13-15H,2H2,(H,11,16,17);3-8H,1-2H2/t4-,5-,6-,8-;3-,4+,5-/m10/s1. The lowest BCUT2D eigenvalue weighted by Crippen LogP contribution is -2.38. The van der Waals surface area contributed by atoms with Crippen LogP contribution in [-0.2, 0) is 9.47 Å². The second-order valence-electron chi connectivity index (χ2n) is 5.98. The topological polar surface area (TPSA) is 195 Å². The minimum Gasteiger partial charge on any atom is -0.394 e. The van der Waals surface area contributed by atoms with Crippen molar-refractivity contribution in [3.8, 4) is 0 Å². The van der Waals surface area contributed by atoms with Crippen LogP contribution in [-0.4, -0.2) is 96.6 Å². The van der Waals surface area contributed by atoms with Gasteiger partial charge in [-0.2, -0.15) is 4.39 Å². The van der Waals surface area contributed by atoms with Gasteiger partial charge in [-0.05, 0) is 0 Å². The number of hydrogen-bond donors (Lipinski definition) is 7. The first kappa shape index (κ1) is 21.6. The molecule has 0 unspecified atom stereocenters. The molecule has 12 nitrogen and oxygen atoms in total. The molecule has 2 fully saturated rings. The minimum atomic E-state index is -1.52. The molecule has 7 N–H and O–H groups in total. The second-order valence-corrected chi connectivity index (χ2v) is 5.98. The molecule has 2 aliphatic heterocycles. The van der Waals surface area contributed by atoms with Gasteiger partial charge in [0.1, 0.15) is 36.6 Å². The van der Waals surface area contributed by atoms with Gasteiger partial charge in [0.25, 0.3) is 5.56 Å². The van der Waals surface area contributed by atoms with Crippen LogP contribution in [0.5, 0.6) is 0 Å². The van der Waals surface area contributed by atoms with Gasteiger partial charge < -0.3 is 40.1 Å². The van der Waals surface area contributed by atoms with E-state index < -0.39 is 66.5 Å². The number of halogens is 1. The zero-order chi connectivity index (χ0) is 20.3. The molecule has 0 amide bonds. The van der Waals surface area contributed by atoms with E-state index in [0.717, 1.165) is 0 Å². The fourth-order valence-electron chi connectivity index (χ4n) is 2.59. The molecule has 154 valence electrons. The van der Waals surface area contributed by atoms with E-state index in [0.29, 0.717) is 10.8 Å². The molecule has 2 saturated heterocycles. The van der Waals surface area contributed by atoms with E-state index in [-0.39, 0.29) is 13.2 Å². The second kappa shape index (κ2) is 8.99. The molecule has 0 bridgehead atoms. The molecule has 0 saturated carbocycles. The minimum absolute atomic E-state index is 0.117. The quantitative estimate of drug-likeness (QED) is 0.261. The largest absolute Gasteiger partial charge is 0.394 e. The molecule has 13 heteroatoms. The average Bonchev–Trinajstić information content (AvgIpc) is 3.11. The van der Waals surface area contributed by atoms with Gasteiger partial charge in [0.05, 0.1) is 26.0 Å². The first-order chi connectivity index (χ1) is 12.7. The number of aromatic amines is 1. The third kappa shape index (κ3) is 4.59. The van der Waals surface area contributed by atoms with E-state index in [1.54, 1.807) is 4.98 Å². The lowest BCUT2D eigenvalue weighted by atomic mass is 10.1. The van der Waals surface area contributed by atoms with Crippen molar-refractivity contribution < 1.29 is 44.5 Å². The van der Waals surface area contributed by atoms with Crippen molar-refractivity contribution in [3.63, 3.8) is 0 Å². The number of aliphatic hydroxyl groups is 6. The van der Waals surface area contributed by atoms with Crippen molar-refractivity contribution in [1.29, 1.82) is 0 Å². The summed E-state index contributed by atoms with van der Waals surface area (Å²) < 4.78 is 23.5. The predicted octanol–water partition coefficient (Wildman–Crippen LogP) is -4.61. The van der Waals surface area contributed by atoms with Crippen LogP contribution in [0.4, 0.5) is 4.39 Å². The summed E-state index contributed by atoms with van der Waals surface area (Å²) in [7, 11) is 0. The van der Waals surface area contributed by atoms with Gasteiger partial charge >= 0.3 is 5.69 Å². The van der Waals surface area contributed by atoms with Crippen molar-refractivity contribution in [3.05, 3.63) is 32.9 Å². The van der Waals surface area contributed by atoms with Gasteiger partial charge in [-0.15, -0.1) is 0 Å². The highest BCUT2D eigenvalue weighted by Crippen LogP contribution is 2.27. The molecular formula is C14H21FN2O10. The Morgan fingerprint density at radius 3 is 2.15 bits per heavy atom. The van der Waals surface area contributed by atoms with Gasteiger partial charge in [0.2, 0.25) is 5.82 Å². The van der Waals surface area contributed by atoms with Crippen LogP contribution in [0.2, 0.25) is 0 Å². The summed E-state index contributed by atoms with van der Waals surface area (Å²) in [6, 6.07) is 0. The molecule has 0 spiro atoms. The zero-order valence-corrected chi connectivity index (χ0v) is 13.9. The molecule has 0 radical (unpaired) electrons. The van der Waals surface area contributed by atoms with E-state index in [4.69, 9.17) is 29.9 Å². The number of nitrogens with zero attached hydrogens (tertiary/aromatic N) is 1. The summed E-state index contributed by atoms with van der Waals surface area (Å²) in [6.45, 7) is -0.695. The van der Waals surface area contributed by atoms with Gasteiger partial charge in [-0.1, -0.05) is 0 Å². The molecule has 3 heterocycles. The normalized spacial score (nSPS) is 35.7. The van der Waals surface area contributed by atoms with Gasteiger partial charge in [0, 0.05) is 0 Å². The van der Waals surface area contributed by atoms with Crippen molar-refractivity contribution in [1.82, 2.24) is 9.55 Å². The van der Waals surface area contributed by atoms with Crippen molar-refractivity contribution >= 4 is 0 Å². The lowest BCUT2D eigenvalue weighted by Gasteiger charge is -2.16. The number of H-pyrrole nitrogens is 1. The first-order valence-corrected chi connectivity index (χ1v) is 7.93. The molecule has 0 aliphatic carbocycles. The Morgan fingerprint density at radius 1 is 1.07 bits per heavy atom. The monoisotopic (exact) mass is 396 g/mol. The summed E-state index contributed by atoms with van der Waals surface area (Å²) in [4.78, 5) is 24.0. The van der Waals surface area contributed by atoms with Crippen LogP contribution in [0.15, 0.2) is 15.8 Å². The average molecular weight is 396 g/mol. The Labute approximate surface area is 150 Å². The number of ether oxygens (including phenoxy) is 2. The molecule has 7 atom stereocenters. The van der Waals surface area contributed by atoms with E-state index in [1.165, 1.54) is 0 Å². The molecule has 2 aliphatic rings. The maximum absolute atomic E-state index is 13.1. The molecular weight excluding hydrogens is 375 g/mol. The highest BCUT2D eigenvalue weighted by Gasteiger charge is 2.43. The summed E-state index contributed by atoms with van der Waals surface area (Å²) in [5.41, 5.74) is -2.18. The van der Waals surface area contributed by atoms with Crippen molar-refractivity contribution in [2.45, 2.75) is 42.9 Å². The first-order valence-electron chi connectivity index (χ1n) is 7.93. The lowest BCUT2D eigenvalue weighted by molar-refractivity contribution is -0.0554. The number of hydrogen-bond acceptors (Lipinski definition) is 10. The van der Waals surface area contributed by atoms with E-state index in [1.807, 2.05) is 0 Å². The fourth-order valence-corrected chi connectivity index (χ4v) is 2.59. The maximum atomic E-state index is 13.1. The third-order valence-corrected chi connectivity index (χ3v) is 4.15. The molecule has 27 heavy (non-hydrogen) atoms. The third-order valence-electron chi connectivity index (χ3n) is 4.15. The van der Waals surface area contributed by atoms with Gasteiger partial charge in [-0.3, -0.25) is 14.3 Å². The van der Waals surface area contributed by atoms with E-state index in [2.05, 4.69) is 0 Å². The smallest absolute Gasteiger partial charge is 0.330 e. The van der Waals surface area contributed by atoms with Gasteiger partial charge in [-0.25, -0.2) is 4.79 Å². The number of aliphatic hydroxyl groups excluding tert-OH is 6. The molecule has 1 aromatic rings. The molecule has 3 rings (SSSR count). The Morgan fingerprint density at radius 2 is 1.70 bits per heavy atom. The van der Waals surface area contributed by atoms with Crippen molar-refractivity contribution in [2.24, 2.45) is 0 Å². The van der Waals surface area contributed by atoms with Crippen LogP contribution in [0, 0.1) is 5.82 Å². The Bertz CT molecular complexity index is 739. The maximum Gasteiger partial charge on any atom is 0.330 e. The Hall–Kier alpha value is -1.71. The van der Waals surface area contributed by atoms with Gasteiger partial charge in [0.15, 0.2) is 6.23 Å².